The molecule has 0 saturated carbocycles. The van der Waals surface area contributed by atoms with E-state index >= 15 is 0 Å². The number of unbranched alkanes of at least 4 members (excludes halogenated alkanes) is 9. The average molecular weight is 306 g/mol. The van der Waals surface area contributed by atoms with Gasteiger partial charge in [-0.15, -0.1) is 0 Å². The van der Waals surface area contributed by atoms with E-state index in [2.05, 4.69) is 18.0 Å². The van der Waals surface area contributed by atoms with E-state index in [0.717, 1.165) is 0 Å². The fraction of sp³-hybridized carbons (Fsp3) is 1.00. The van der Waals surface area contributed by atoms with E-state index in [1.807, 2.05) is 0 Å². The van der Waals surface area contributed by atoms with Gasteiger partial charge in [0.15, 0.2) is 0 Å². The van der Waals surface area contributed by atoms with E-state index in [1.54, 1.807) is 0 Å². The predicted octanol–water partition coefficient (Wildman–Crippen LogP) is 4.48. The van der Waals surface area contributed by atoms with Crippen molar-refractivity contribution in [1.82, 2.24) is 0 Å². The fourth-order valence-corrected chi connectivity index (χ4v) is 1.56. The summed E-state index contributed by atoms with van der Waals surface area (Å²) in [6.07, 6.45) is 14.4. The van der Waals surface area contributed by atoms with Gasteiger partial charge >= 0.3 is 42.5 Å². The first-order valence-electron chi connectivity index (χ1n) is 7.61. The van der Waals surface area contributed by atoms with Crippen molar-refractivity contribution in [1.29, 1.82) is 0 Å². The molecule has 0 aromatic carbocycles. The second-order valence-corrected chi connectivity index (χ2v) is 5.17. The summed E-state index contributed by atoms with van der Waals surface area (Å²) >= 11 is 1.31. The Morgan fingerprint density at radius 1 is 0.684 bits per heavy atom. The van der Waals surface area contributed by atoms with Crippen LogP contribution in [-0.4, -0.2) is 45.5 Å². The first-order valence-corrected chi connectivity index (χ1v) is 11.0. The summed E-state index contributed by atoms with van der Waals surface area (Å²) in [6.45, 7) is 4.56. The molecule has 19 heavy (non-hydrogen) atoms. The summed E-state index contributed by atoms with van der Waals surface area (Å²) in [7, 11) is -4.67. The molecule has 0 unspecified atom stereocenters. The summed E-state index contributed by atoms with van der Waals surface area (Å²) < 4.78 is 33.7. The molecule has 0 radical (unpaired) electrons. The average Bonchev–Trinajstić information content (AvgIpc) is 2.33. The van der Waals surface area contributed by atoms with Crippen LogP contribution in [0.1, 0.15) is 78.1 Å². The molecule has 0 atom stereocenters. The van der Waals surface area contributed by atoms with Crippen LogP contribution in [0, 0.1) is 0 Å². The maximum absolute atomic E-state index is 8.74. The van der Waals surface area contributed by atoms with Gasteiger partial charge in [-0.1, -0.05) is 78.1 Å². The van der Waals surface area contributed by atoms with Crippen LogP contribution in [0.15, 0.2) is 0 Å². The molecule has 0 bridgehead atoms. The van der Waals surface area contributed by atoms with E-state index in [1.165, 1.54) is 92.1 Å². The molecule has 0 rings (SSSR count). The van der Waals surface area contributed by atoms with Gasteiger partial charge in [0.05, 0.1) is 0 Å². The van der Waals surface area contributed by atoms with Crippen LogP contribution in [-0.2, 0) is 10.4 Å². The van der Waals surface area contributed by atoms with Crippen molar-refractivity contribution >= 4 is 38.3 Å². The maximum atomic E-state index is 8.74. The van der Waals surface area contributed by atoms with Crippen LogP contribution >= 0.6 is 0 Å². The van der Waals surface area contributed by atoms with Gasteiger partial charge in [0.25, 0.3) is 0 Å². The van der Waals surface area contributed by atoms with Gasteiger partial charge in [0.1, 0.15) is 0 Å². The Kier molecular flexibility index (Phi) is 27.7. The molecule has 0 amide bonds. The molecule has 6 heteroatoms. The van der Waals surface area contributed by atoms with Crippen LogP contribution in [0.5, 0.6) is 0 Å². The molecule has 0 heterocycles. The number of hydrogen-bond donors (Lipinski definition) is 2. The normalized spacial score (nSPS) is 10.1. The summed E-state index contributed by atoms with van der Waals surface area (Å²) in [5.41, 5.74) is 0. The summed E-state index contributed by atoms with van der Waals surface area (Å²) in [4.78, 5) is 0. The Morgan fingerprint density at radius 2 is 0.842 bits per heavy atom. The van der Waals surface area contributed by atoms with Crippen molar-refractivity contribution in [3.8, 4) is 0 Å². The molecule has 0 spiro atoms. The molecule has 0 aliphatic carbocycles. The zero-order valence-electron chi connectivity index (χ0n) is 13.2. The molecule has 0 aliphatic heterocycles. The van der Waals surface area contributed by atoms with E-state index < -0.39 is 10.4 Å². The van der Waals surface area contributed by atoms with Gasteiger partial charge in [-0.3, -0.25) is 9.11 Å². The van der Waals surface area contributed by atoms with Crippen molar-refractivity contribution in [2.24, 2.45) is 0 Å². The summed E-state index contributed by atoms with van der Waals surface area (Å²) in [6, 6.07) is 0. The second-order valence-electron chi connectivity index (χ2n) is 4.28. The van der Waals surface area contributed by atoms with Crippen molar-refractivity contribution in [3.05, 3.63) is 0 Å². The van der Waals surface area contributed by atoms with Gasteiger partial charge < -0.3 is 0 Å². The third-order valence-corrected chi connectivity index (χ3v) is 2.46. The van der Waals surface area contributed by atoms with Gasteiger partial charge in [-0.25, -0.2) is 0 Å². The van der Waals surface area contributed by atoms with E-state index in [-0.39, 0.29) is 0 Å². The number of rotatable bonds is 9. The standard InChI is InChI=1S/C12H26.CH3.Na.H2O4S/c1-3-5-7-9-11-12-10-8-6-4-2;;;1-5(2,3)4/h3-12H2,1-2H3;1H3;;(H2,1,2,3,4). The van der Waals surface area contributed by atoms with Crippen molar-refractivity contribution < 1.29 is 17.5 Å². The van der Waals surface area contributed by atoms with Crippen LogP contribution in [0.3, 0.4) is 0 Å². The van der Waals surface area contributed by atoms with Crippen LogP contribution in [0.2, 0.25) is 4.17 Å². The Labute approximate surface area is 137 Å². The predicted molar refractivity (Wildman–Crippen MR) is 83.3 cm³/mol. The fourth-order valence-electron chi connectivity index (χ4n) is 1.56. The van der Waals surface area contributed by atoms with Gasteiger partial charge in [-0.05, 0) is 0 Å². The van der Waals surface area contributed by atoms with Crippen LogP contribution in [0.4, 0.5) is 0 Å². The summed E-state index contributed by atoms with van der Waals surface area (Å²) in [5.74, 6) is 0. The van der Waals surface area contributed by atoms with Crippen LogP contribution < -0.4 is 0 Å². The Bertz CT molecular complexity index is 213. The molecular weight excluding hydrogens is 275 g/mol. The Hall–Kier alpha value is 0.870. The minimum atomic E-state index is -4.67. The van der Waals surface area contributed by atoms with Crippen LogP contribution in [0.25, 0.3) is 0 Å². The Balaban J connectivity index is -0.000000307. The molecule has 0 aromatic heterocycles. The topological polar surface area (TPSA) is 74.6 Å². The molecule has 4 nitrogen and oxygen atoms in total. The zero-order chi connectivity index (χ0) is 15.6. The van der Waals surface area contributed by atoms with E-state index in [4.69, 9.17) is 17.5 Å². The molecule has 0 aromatic rings. The molecular formula is C13H31NaO4S. The SMILES string of the molecule is CCCCCCCCCCCC.O=S(=O)(O)O.[CH3][Na]. The van der Waals surface area contributed by atoms with E-state index in [9.17, 15) is 0 Å². The summed E-state index contributed by atoms with van der Waals surface area (Å²) in [5, 5.41) is 0. The Morgan fingerprint density at radius 3 is 1.00 bits per heavy atom. The first-order chi connectivity index (χ1) is 8.91. The van der Waals surface area contributed by atoms with Gasteiger partial charge in [0, 0.05) is 0 Å². The third kappa shape index (κ3) is 55.1. The minimum absolute atomic E-state index is 1.31. The monoisotopic (exact) mass is 306 g/mol. The second kappa shape index (κ2) is 21.2. The molecule has 0 aliphatic rings. The molecule has 114 valence electrons. The van der Waals surface area contributed by atoms with Crippen molar-refractivity contribution in [3.63, 3.8) is 0 Å². The number of hydrogen-bond acceptors (Lipinski definition) is 2. The van der Waals surface area contributed by atoms with Crippen molar-refractivity contribution in [2.75, 3.05) is 0 Å². The van der Waals surface area contributed by atoms with Crippen molar-refractivity contribution in [2.45, 2.75) is 82.2 Å². The molecule has 2 N–H and O–H groups in total. The van der Waals surface area contributed by atoms with Gasteiger partial charge in [-0.2, -0.15) is 8.42 Å². The quantitative estimate of drug-likeness (QED) is 0.374. The first kappa shape index (κ1) is 24.9. The van der Waals surface area contributed by atoms with E-state index in [0.29, 0.717) is 0 Å². The third-order valence-electron chi connectivity index (χ3n) is 2.46. The zero-order valence-corrected chi connectivity index (χ0v) is 16.0. The van der Waals surface area contributed by atoms with Gasteiger partial charge in [0.2, 0.25) is 0 Å². The molecule has 0 saturated heterocycles. The molecule has 0 fully saturated rings.